The van der Waals surface area contributed by atoms with Crippen LogP contribution in [0.2, 0.25) is 0 Å². The Balaban J connectivity index is 1.56. The average molecular weight is 290 g/mol. The number of rotatable bonds is 4. The van der Waals surface area contributed by atoms with Crippen molar-refractivity contribution in [3.63, 3.8) is 0 Å². The predicted molar refractivity (Wildman–Crippen MR) is 79.9 cm³/mol. The van der Waals surface area contributed by atoms with E-state index in [2.05, 4.69) is 5.10 Å². The molecule has 4 fully saturated rings. The maximum atomic E-state index is 10.8. The molecule has 4 nitrogen and oxygen atoms in total. The van der Waals surface area contributed by atoms with Crippen molar-refractivity contribution < 1.29 is 9.84 Å². The topological polar surface area (TPSA) is 47.3 Å². The molecule has 4 heteroatoms. The van der Waals surface area contributed by atoms with E-state index in [4.69, 9.17) is 4.74 Å². The molecule has 1 heterocycles. The molecule has 0 spiro atoms. The third-order valence-corrected chi connectivity index (χ3v) is 6.28. The summed E-state index contributed by atoms with van der Waals surface area (Å²) >= 11 is 0. The summed E-state index contributed by atoms with van der Waals surface area (Å²) in [6, 6.07) is 0. The number of hydrogen-bond acceptors (Lipinski definition) is 3. The lowest BCUT2D eigenvalue weighted by molar-refractivity contribution is -0.0774. The highest BCUT2D eigenvalue weighted by Gasteiger charge is 2.51. The van der Waals surface area contributed by atoms with Gasteiger partial charge in [0.25, 0.3) is 0 Å². The van der Waals surface area contributed by atoms with Gasteiger partial charge in [0.2, 0.25) is 0 Å². The third-order valence-electron chi connectivity index (χ3n) is 6.28. The van der Waals surface area contributed by atoms with Gasteiger partial charge in [0.1, 0.15) is 5.69 Å². The van der Waals surface area contributed by atoms with Crippen LogP contribution in [0.3, 0.4) is 0 Å². The Hall–Kier alpha value is -1.03. The van der Waals surface area contributed by atoms with E-state index < -0.39 is 6.10 Å². The molecule has 1 aromatic heterocycles. The van der Waals surface area contributed by atoms with Crippen LogP contribution in [-0.2, 0) is 7.05 Å². The van der Waals surface area contributed by atoms with Gasteiger partial charge in [-0.3, -0.25) is 4.68 Å². The monoisotopic (exact) mass is 290 g/mol. The number of hydrogen-bond donors (Lipinski definition) is 1. The second kappa shape index (κ2) is 4.73. The first kappa shape index (κ1) is 13.6. The van der Waals surface area contributed by atoms with Crippen LogP contribution >= 0.6 is 0 Å². The summed E-state index contributed by atoms with van der Waals surface area (Å²) < 4.78 is 7.13. The van der Waals surface area contributed by atoms with Crippen molar-refractivity contribution in [3.05, 3.63) is 11.9 Å². The Labute approximate surface area is 126 Å². The van der Waals surface area contributed by atoms with Gasteiger partial charge in [-0.1, -0.05) is 0 Å². The van der Waals surface area contributed by atoms with Crippen molar-refractivity contribution in [1.82, 2.24) is 9.78 Å². The molecule has 0 radical (unpaired) electrons. The Morgan fingerprint density at radius 1 is 1.29 bits per heavy atom. The lowest BCUT2D eigenvalue weighted by Gasteiger charge is -2.57. The molecule has 116 valence electrons. The second-order valence-corrected chi connectivity index (χ2v) is 7.86. The van der Waals surface area contributed by atoms with E-state index in [1.165, 1.54) is 38.5 Å². The molecule has 4 aliphatic rings. The zero-order chi connectivity index (χ0) is 14.6. The van der Waals surface area contributed by atoms with E-state index in [-0.39, 0.29) is 0 Å². The van der Waals surface area contributed by atoms with Crippen LogP contribution in [0.25, 0.3) is 0 Å². The molecular weight excluding hydrogens is 264 g/mol. The largest absolute Gasteiger partial charge is 0.493 e. The van der Waals surface area contributed by atoms with Gasteiger partial charge >= 0.3 is 0 Å². The number of aryl methyl sites for hydroxylation is 1. The molecule has 4 saturated carbocycles. The van der Waals surface area contributed by atoms with Gasteiger partial charge < -0.3 is 9.84 Å². The summed E-state index contributed by atoms with van der Waals surface area (Å²) in [6.07, 6.45) is 10.5. The van der Waals surface area contributed by atoms with Gasteiger partial charge in [-0.2, -0.15) is 5.10 Å². The molecule has 0 aliphatic heterocycles. The zero-order valence-corrected chi connectivity index (χ0v) is 13.1. The van der Waals surface area contributed by atoms with Gasteiger partial charge in [0, 0.05) is 7.05 Å². The molecule has 5 rings (SSSR count). The lowest BCUT2D eigenvalue weighted by Crippen LogP contribution is -2.46. The van der Waals surface area contributed by atoms with E-state index in [1.54, 1.807) is 18.0 Å². The van der Waals surface area contributed by atoms with Crippen molar-refractivity contribution in [2.45, 2.75) is 51.0 Å². The zero-order valence-electron chi connectivity index (χ0n) is 13.1. The normalized spacial score (nSPS) is 38.7. The minimum Gasteiger partial charge on any atom is -0.493 e. The quantitative estimate of drug-likeness (QED) is 0.927. The number of ether oxygens (including phenoxy) is 1. The van der Waals surface area contributed by atoms with Crippen LogP contribution in [-0.4, -0.2) is 22.0 Å². The molecule has 0 saturated heterocycles. The van der Waals surface area contributed by atoms with Crippen molar-refractivity contribution in [2.75, 3.05) is 7.11 Å². The number of aliphatic hydroxyl groups excluding tert-OH is 1. The van der Waals surface area contributed by atoms with Crippen molar-refractivity contribution >= 4 is 0 Å². The Bertz CT molecular complexity index is 502. The van der Waals surface area contributed by atoms with Gasteiger partial charge in [0.05, 0.1) is 19.4 Å². The number of aromatic nitrogens is 2. The summed E-state index contributed by atoms with van der Waals surface area (Å²) in [6.45, 7) is 0. The predicted octanol–water partition coefficient (Wildman–Crippen LogP) is 3.07. The first-order valence-corrected chi connectivity index (χ1v) is 8.32. The third kappa shape index (κ3) is 2.19. The maximum Gasteiger partial charge on any atom is 0.162 e. The van der Waals surface area contributed by atoms with Crippen LogP contribution in [0.15, 0.2) is 6.20 Å². The standard InChI is InChI=1S/C17H26N2O2/c1-19-16(15(21-2)10-18-19)14(20)9-17-6-11-3-12(7-17)5-13(4-11)8-17/h10-14,20H,3-9H2,1-2H3. The van der Waals surface area contributed by atoms with Crippen LogP contribution in [0, 0.1) is 23.2 Å². The van der Waals surface area contributed by atoms with Crippen LogP contribution in [0.1, 0.15) is 56.7 Å². The smallest absolute Gasteiger partial charge is 0.162 e. The summed E-state index contributed by atoms with van der Waals surface area (Å²) in [7, 11) is 3.54. The van der Waals surface area contributed by atoms with Crippen molar-refractivity contribution in [2.24, 2.45) is 30.2 Å². The van der Waals surface area contributed by atoms with Gasteiger partial charge in [-0.25, -0.2) is 0 Å². The average Bonchev–Trinajstić information content (AvgIpc) is 2.77. The fraction of sp³-hybridized carbons (Fsp3) is 0.824. The van der Waals surface area contributed by atoms with Gasteiger partial charge in [-0.15, -0.1) is 0 Å². The molecule has 21 heavy (non-hydrogen) atoms. The fourth-order valence-corrected chi connectivity index (χ4v) is 6.01. The van der Waals surface area contributed by atoms with E-state index in [1.807, 2.05) is 7.05 Å². The first-order chi connectivity index (χ1) is 10.1. The fourth-order valence-electron chi connectivity index (χ4n) is 6.01. The summed E-state index contributed by atoms with van der Waals surface area (Å²) in [5.41, 5.74) is 1.22. The van der Waals surface area contributed by atoms with Gasteiger partial charge in [0.15, 0.2) is 5.75 Å². The SMILES string of the molecule is COc1cnn(C)c1C(O)CC12CC3CC(CC(C3)C1)C2. The molecule has 1 atom stereocenters. The summed E-state index contributed by atoms with van der Waals surface area (Å²) in [5.74, 6) is 3.50. The molecule has 1 unspecified atom stereocenters. The highest BCUT2D eigenvalue weighted by molar-refractivity contribution is 5.27. The van der Waals surface area contributed by atoms with Crippen molar-refractivity contribution in [3.8, 4) is 5.75 Å². The van der Waals surface area contributed by atoms with Crippen molar-refractivity contribution in [1.29, 1.82) is 0 Å². The maximum absolute atomic E-state index is 10.8. The number of aliphatic hydroxyl groups is 1. The summed E-state index contributed by atoms with van der Waals surface area (Å²) in [4.78, 5) is 0. The molecule has 4 aliphatic carbocycles. The highest BCUT2D eigenvalue weighted by Crippen LogP contribution is 2.62. The minimum atomic E-state index is -0.455. The van der Waals surface area contributed by atoms with Crippen LogP contribution in [0.5, 0.6) is 5.75 Å². The Morgan fingerprint density at radius 3 is 2.38 bits per heavy atom. The lowest BCUT2D eigenvalue weighted by atomic mass is 9.48. The molecule has 0 aromatic carbocycles. The highest BCUT2D eigenvalue weighted by atomic mass is 16.5. The number of methoxy groups -OCH3 is 1. The van der Waals surface area contributed by atoms with Gasteiger partial charge in [-0.05, 0) is 68.1 Å². The van der Waals surface area contributed by atoms with E-state index in [0.717, 1.165) is 35.6 Å². The van der Waals surface area contributed by atoms with Crippen LogP contribution < -0.4 is 4.74 Å². The minimum absolute atomic E-state index is 0.378. The van der Waals surface area contributed by atoms with E-state index in [0.29, 0.717) is 5.41 Å². The van der Waals surface area contributed by atoms with Crippen LogP contribution in [0.4, 0.5) is 0 Å². The molecular formula is C17H26N2O2. The molecule has 1 aromatic rings. The molecule has 1 N–H and O–H groups in total. The van der Waals surface area contributed by atoms with E-state index >= 15 is 0 Å². The first-order valence-electron chi connectivity index (χ1n) is 8.32. The Morgan fingerprint density at radius 2 is 1.86 bits per heavy atom. The molecule has 4 bridgehead atoms. The molecule has 0 amide bonds. The van der Waals surface area contributed by atoms with E-state index in [9.17, 15) is 5.11 Å². The summed E-state index contributed by atoms with van der Waals surface area (Å²) in [5, 5.41) is 15.1. The second-order valence-electron chi connectivity index (χ2n) is 7.86. The number of nitrogens with zero attached hydrogens (tertiary/aromatic N) is 2. The Kier molecular flexibility index (Phi) is 3.07.